The monoisotopic (exact) mass is 186 g/mol. The van der Waals surface area contributed by atoms with E-state index in [-0.39, 0.29) is 18.4 Å². The van der Waals surface area contributed by atoms with Crippen LogP contribution in [0.25, 0.3) is 0 Å². The number of carboxylic acids is 1. The molecule has 0 aliphatic heterocycles. The highest BCUT2D eigenvalue weighted by Crippen LogP contribution is 2.20. The van der Waals surface area contributed by atoms with E-state index in [9.17, 15) is 4.79 Å². The molecule has 0 bridgehead atoms. The van der Waals surface area contributed by atoms with Crippen LogP contribution in [-0.4, -0.2) is 22.3 Å². The van der Waals surface area contributed by atoms with E-state index in [1.807, 2.05) is 6.92 Å². The maximum atomic E-state index is 10.5. The zero-order chi connectivity index (χ0) is 10.4. The van der Waals surface area contributed by atoms with Crippen LogP contribution in [0.5, 0.6) is 0 Å². The zero-order valence-electron chi connectivity index (χ0n) is 8.29. The van der Waals surface area contributed by atoms with E-state index in [0.29, 0.717) is 12.8 Å². The van der Waals surface area contributed by atoms with Gasteiger partial charge in [-0.2, -0.15) is 0 Å². The van der Waals surface area contributed by atoms with Crippen molar-refractivity contribution >= 4 is 5.97 Å². The van der Waals surface area contributed by atoms with Gasteiger partial charge in [-0.3, -0.25) is 4.79 Å². The number of aliphatic hydroxyl groups is 1. The lowest BCUT2D eigenvalue weighted by Crippen LogP contribution is -2.11. The minimum Gasteiger partial charge on any atom is -0.481 e. The average Bonchev–Trinajstić information content (AvgIpc) is 1.96. The zero-order valence-corrected chi connectivity index (χ0v) is 8.29. The predicted molar refractivity (Wildman–Crippen MR) is 51.5 cm³/mol. The summed E-state index contributed by atoms with van der Waals surface area (Å²) in [6.07, 6.45) is 1.07. The normalized spacial score (nSPS) is 15.0. The molecule has 3 nitrogen and oxygen atoms in total. The molecule has 0 saturated heterocycles. The van der Waals surface area contributed by atoms with E-state index < -0.39 is 5.97 Å². The third kappa shape index (κ3) is 6.34. The fraction of sp³-hybridized carbons (Fsp3) is 0.700. The van der Waals surface area contributed by atoms with Crippen molar-refractivity contribution in [3.05, 3.63) is 12.2 Å². The molecule has 1 unspecified atom stereocenters. The van der Waals surface area contributed by atoms with Crippen molar-refractivity contribution < 1.29 is 15.0 Å². The van der Waals surface area contributed by atoms with Gasteiger partial charge in [-0.15, -0.1) is 0 Å². The number of carbonyl (C=O) groups is 1. The van der Waals surface area contributed by atoms with Gasteiger partial charge in [0, 0.05) is 0 Å². The van der Waals surface area contributed by atoms with Crippen LogP contribution in [0.1, 0.15) is 33.1 Å². The Morgan fingerprint density at radius 1 is 1.46 bits per heavy atom. The minimum atomic E-state index is -0.807. The third-order valence-electron chi connectivity index (χ3n) is 2.05. The first-order valence-corrected chi connectivity index (χ1v) is 4.48. The van der Waals surface area contributed by atoms with Gasteiger partial charge >= 0.3 is 5.97 Å². The van der Waals surface area contributed by atoms with E-state index in [0.717, 1.165) is 5.57 Å². The number of hydrogen-bond donors (Lipinski definition) is 2. The SMILES string of the molecule is C=C(C)[C@@H](CCC(C)O)CC(=O)O. The van der Waals surface area contributed by atoms with Crippen LogP contribution in [0, 0.1) is 5.92 Å². The van der Waals surface area contributed by atoms with E-state index in [4.69, 9.17) is 10.2 Å². The largest absolute Gasteiger partial charge is 0.481 e. The molecule has 2 atom stereocenters. The van der Waals surface area contributed by atoms with Crippen LogP contribution in [0.4, 0.5) is 0 Å². The number of hydrogen-bond acceptors (Lipinski definition) is 2. The number of aliphatic hydroxyl groups excluding tert-OH is 1. The highest BCUT2D eigenvalue weighted by Gasteiger charge is 2.14. The molecule has 0 saturated carbocycles. The first kappa shape index (κ1) is 12.2. The Balaban J connectivity index is 3.95. The standard InChI is InChI=1S/C10H18O3/c1-7(2)9(6-10(12)13)5-4-8(3)11/h8-9,11H,1,4-6H2,2-3H3,(H,12,13)/t8?,9-/m0/s1. The Bertz CT molecular complexity index is 185. The summed E-state index contributed by atoms with van der Waals surface area (Å²) >= 11 is 0. The van der Waals surface area contributed by atoms with Crippen LogP contribution >= 0.6 is 0 Å². The topological polar surface area (TPSA) is 57.5 Å². The Labute approximate surface area is 79.1 Å². The molecule has 0 aromatic rings. The van der Waals surface area contributed by atoms with Crippen molar-refractivity contribution in [2.45, 2.75) is 39.2 Å². The summed E-state index contributed by atoms with van der Waals surface area (Å²) in [7, 11) is 0. The highest BCUT2D eigenvalue weighted by atomic mass is 16.4. The summed E-state index contributed by atoms with van der Waals surface area (Å²) in [4.78, 5) is 10.5. The van der Waals surface area contributed by atoms with Crippen molar-refractivity contribution in [1.82, 2.24) is 0 Å². The molecule has 0 amide bonds. The van der Waals surface area contributed by atoms with E-state index in [1.54, 1.807) is 6.92 Å². The first-order valence-electron chi connectivity index (χ1n) is 4.48. The molecule has 0 aromatic carbocycles. The van der Waals surface area contributed by atoms with Gasteiger partial charge in [-0.05, 0) is 32.6 Å². The number of allylic oxidation sites excluding steroid dienone is 1. The molecule has 0 fully saturated rings. The molecule has 0 heterocycles. The first-order chi connectivity index (χ1) is 5.93. The van der Waals surface area contributed by atoms with Crippen molar-refractivity contribution in [3.63, 3.8) is 0 Å². The summed E-state index contributed by atoms with van der Waals surface area (Å²) in [6.45, 7) is 7.28. The molecule has 0 aromatic heterocycles. The molecule has 2 N–H and O–H groups in total. The fourth-order valence-corrected chi connectivity index (χ4v) is 1.18. The highest BCUT2D eigenvalue weighted by molar-refractivity contribution is 5.67. The second-order valence-electron chi connectivity index (χ2n) is 3.57. The molecule has 0 radical (unpaired) electrons. The molecule has 0 aliphatic rings. The summed E-state index contributed by atoms with van der Waals surface area (Å²) < 4.78 is 0. The van der Waals surface area contributed by atoms with Crippen molar-refractivity contribution in [2.24, 2.45) is 5.92 Å². The maximum absolute atomic E-state index is 10.5. The van der Waals surface area contributed by atoms with Gasteiger partial charge in [0.15, 0.2) is 0 Å². The van der Waals surface area contributed by atoms with Crippen LogP contribution in [0.15, 0.2) is 12.2 Å². The number of aliphatic carboxylic acids is 1. The summed E-state index contributed by atoms with van der Waals surface area (Å²) in [6, 6.07) is 0. The van der Waals surface area contributed by atoms with Gasteiger partial charge in [0.05, 0.1) is 12.5 Å². The van der Waals surface area contributed by atoms with Gasteiger partial charge in [0.2, 0.25) is 0 Å². The van der Waals surface area contributed by atoms with Crippen molar-refractivity contribution in [3.8, 4) is 0 Å². The average molecular weight is 186 g/mol. The van der Waals surface area contributed by atoms with Crippen LogP contribution in [-0.2, 0) is 4.79 Å². The molecule has 13 heavy (non-hydrogen) atoms. The summed E-state index contributed by atoms with van der Waals surface area (Å²) in [5.41, 5.74) is 0.878. The smallest absolute Gasteiger partial charge is 0.303 e. The van der Waals surface area contributed by atoms with Gasteiger partial charge in [-0.1, -0.05) is 12.2 Å². The fourth-order valence-electron chi connectivity index (χ4n) is 1.18. The van der Waals surface area contributed by atoms with Gasteiger partial charge in [0.25, 0.3) is 0 Å². The number of carboxylic acid groups (broad SMARTS) is 1. The predicted octanol–water partition coefficient (Wildman–Crippen LogP) is 1.81. The van der Waals surface area contributed by atoms with Gasteiger partial charge in [-0.25, -0.2) is 0 Å². The summed E-state index contributed by atoms with van der Waals surface area (Å²) in [5, 5.41) is 17.6. The minimum absolute atomic E-state index is 0.00731. The molecule has 0 spiro atoms. The van der Waals surface area contributed by atoms with Gasteiger partial charge in [0.1, 0.15) is 0 Å². The lowest BCUT2D eigenvalue weighted by molar-refractivity contribution is -0.137. The molecule has 3 heteroatoms. The maximum Gasteiger partial charge on any atom is 0.303 e. The second kappa shape index (κ2) is 5.75. The molecule has 76 valence electrons. The molecular formula is C10H18O3. The Hall–Kier alpha value is -0.830. The van der Waals surface area contributed by atoms with Crippen molar-refractivity contribution in [1.29, 1.82) is 0 Å². The Morgan fingerprint density at radius 3 is 2.31 bits per heavy atom. The van der Waals surface area contributed by atoms with Crippen LogP contribution < -0.4 is 0 Å². The van der Waals surface area contributed by atoms with Crippen molar-refractivity contribution in [2.75, 3.05) is 0 Å². The van der Waals surface area contributed by atoms with Crippen LogP contribution in [0.3, 0.4) is 0 Å². The summed E-state index contributed by atoms with van der Waals surface area (Å²) in [5.74, 6) is -0.814. The van der Waals surface area contributed by atoms with E-state index >= 15 is 0 Å². The van der Waals surface area contributed by atoms with Gasteiger partial charge < -0.3 is 10.2 Å². The molecule has 0 aliphatic carbocycles. The third-order valence-corrected chi connectivity index (χ3v) is 2.05. The van der Waals surface area contributed by atoms with E-state index in [2.05, 4.69) is 6.58 Å². The van der Waals surface area contributed by atoms with E-state index in [1.165, 1.54) is 0 Å². The number of rotatable bonds is 6. The Kier molecular flexibility index (Phi) is 5.39. The molecular weight excluding hydrogens is 168 g/mol. The Morgan fingerprint density at radius 2 is 2.00 bits per heavy atom. The molecule has 0 rings (SSSR count). The second-order valence-corrected chi connectivity index (χ2v) is 3.57. The van der Waals surface area contributed by atoms with Crippen LogP contribution in [0.2, 0.25) is 0 Å². The quantitative estimate of drug-likeness (QED) is 0.622. The lowest BCUT2D eigenvalue weighted by atomic mass is 9.92. The lowest BCUT2D eigenvalue weighted by Gasteiger charge is -2.15.